The molecule has 0 saturated heterocycles. The molecular formula is C24H48S2. The highest BCUT2D eigenvalue weighted by molar-refractivity contribution is 8.00. The van der Waals surface area contributed by atoms with Gasteiger partial charge in [0, 0.05) is 5.25 Å². The average Bonchev–Trinajstić information content (AvgIpc) is 2.68. The highest BCUT2D eigenvalue weighted by atomic mass is 32.2. The molecule has 0 aromatic heterocycles. The van der Waals surface area contributed by atoms with Crippen molar-refractivity contribution < 1.29 is 0 Å². The van der Waals surface area contributed by atoms with Gasteiger partial charge in [0.15, 0.2) is 0 Å². The SMILES string of the molecule is CCCCC(CC)CSCCC1CCCC(SCC(CC)CCCC)C1. The molecule has 0 spiro atoms. The highest BCUT2D eigenvalue weighted by Gasteiger charge is 2.23. The second-order valence-electron chi connectivity index (χ2n) is 8.68. The van der Waals surface area contributed by atoms with Gasteiger partial charge >= 0.3 is 0 Å². The molecule has 1 saturated carbocycles. The molecule has 0 radical (unpaired) electrons. The maximum absolute atomic E-state index is 2.39. The summed E-state index contributed by atoms with van der Waals surface area (Å²) in [7, 11) is 0. The van der Waals surface area contributed by atoms with Crippen molar-refractivity contribution in [2.45, 2.75) is 116 Å². The summed E-state index contributed by atoms with van der Waals surface area (Å²) in [5.74, 6) is 7.24. The Morgan fingerprint density at radius 3 is 2.12 bits per heavy atom. The van der Waals surface area contributed by atoms with E-state index in [2.05, 4.69) is 51.2 Å². The lowest BCUT2D eigenvalue weighted by Crippen LogP contribution is -2.19. The van der Waals surface area contributed by atoms with Gasteiger partial charge in [0.25, 0.3) is 0 Å². The van der Waals surface area contributed by atoms with Crippen LogP contribution in [0.2, 0.25) is 0 Å². The molecule has 2 heteroatoms. The summed E-state index contributed by atoms with van der Waals surface area (Å²) in [6.07, 6.45) is 18.8. The zero-order chi connectivity index (χ0) is 19.0. The van der Waals surface area contributed by atoms with Crippen LogP contribution in [0, 0.1) is 17.8 Å². The van der Waals surface area contributed by atoms with Crippen LogP contribution >= 0.6 is 23.5 Å². The molecule has 0 nitrogen and oxygen atoms in total. The molecule has 4 unspecified atom stereocenters. The van der Waals surface area contributed by atoms with E-state index in [1.165, 1.54) is 101 Å². The number of rotatable bonds is 16. The van der Waals surface area contributed by atoms with E-state index in [1.807, 2.05) is 0 Å². The van der Waals surface area contributed by atoms with Crippen molar-refractivity contribution in [1.29, 1.82) is 0 Å². The van der Waals surface area contributed by atoms with Crippen LogP contribution in [0.1, 0.15) is 111 Å². The number of hydrogen-bond donors (Lipinski definition) is 0. The Hall–Kier alpha value is 0.700. The summed E-state index contributed by atoms with van der Waals surface area (Å²) >= 11 is 4.59. The Bertz CT molecular complexity index is 305. The standard InChI is InChI=1S/C24H48S2/c1-5-9-12-21(7-3)19-25-17-16-23-14-11-15-24(18-23)26-20-22(8-4)13-10-6-2/h21-24H,5-20H2,1-4H3. The molecule has 4 atom stereocenters. The van der Waals surface area contributed by atoms with E-state index in [4.69, 9.17) is 0 Å². The van der Waals surface area contributed by atoms with Crippen molar-refractivity contribution in [2.24, 2.45) is 17.8 Å². The van der Waals surface area contributed by atoms with Crippen molar-refractivity contribution in [3.05, 3.63) is 0 Å². The number of unbranched alkanes of at least 4 members (excludes halogenated alkanes) is 2. The molecule has 0 N–H and O–H groups in total. The topological polar surface area (TPSA) is 0 Å². The van der Waals surface area contributed by atoms with Crippen molar-refractivity contribution in [3.63, 3.8) is 0 Å². The van der Waals surface area contributed by atoms with Crippen LogP contribution in [0.5, 0.6) is 0 Å². The second kappa shape index (κ2) is 16.6. The van der Waals surface area contributed by atoms with Gasteiger partial charge < -0.3 is 0 Å². The number of thioether (sulfide) groups is 2. The molecule has 0 aromatic carbocycles. The van der Waals surface area contributed by atoms with Crippen molar-refractivity contribution in [1.82, 2.24) is 0 Å². The van der Waals surface area contributed by atoms with E-state index in [0.717, 1.165) is 23.0 Å². The Labute approximate surface area is 174 Å². The summed E-state index contributed by atoms with van der Waals surface area (Å²) in [5, 5.41) is 0.974. The van der Waals surface area contributed by atoms with E-state index in [1.54, 1.807) is 0 Å². The molecule has 0 heterocycles. The highest BCUT2D eigenvalue weighted by Crippen LogP contribution is 2.36. The first-order chi connectivity index (χ1) is 12.7. The van der Waals surface area contributed by atoms with E-state index in [0.29, 0.717) is 0 Å². The molecule has 0 amide bonds. The third kappa shape index (κ3) is 11.5. The monoisotopic (exact) mass is 400 g/mol. The van der Waals surface area contributed by atoms with Crippen LogP contribution in [0.3, 0.4) is 0 Å². The third-order valence-corrected chi connectivity index (χ3v) is 9.21. The first kappa shape index (κ1) is 24.7. The van der Waals surface area contributed by atoms with Crippen LogP contribution in [-0.4, -0.2) is 22.5 Å². The molecule has 156 valence electrons. The van der Waals surface area contributed by atoms with Crippen molar-refractivity contribution >= 4 is 23.5 Å². The van der Waals surface area contributed by atoms with Gasteiger partial charge in [-0.1, -0.05) is 79.1 Å². The van der Waals surface area contributed by atoms with Gasteiger partial charge in [0.1, 0.15) is 0 Å². The molecule has 1 fully saturated rings. The minimum Gasteiger partial charge on any atom is -0.162 e. The Kier molecular flexibility index (Phi) is 15.8. The van der Waals surface area contributed by atoms with E-state index < -0.39 is 0 Å². The van der Waals surface area contributed by atoms with E-state index in [9.17, 15) is 0 Å². The molecule has 1 rings (SSSR count). The van der Waals surface area contributed by atoms with Crippen LogP contribution in [0.15, 0.2) is 0 Å². The van der Waals surface area contributed by atoms with Gasteiger partial charge in [0.05, 0.1) is 0 Å². The van der Waals surface area contributed by atoms with Crippen LogP contribution in [0.4, 0.5) is 0 Å². The average molecular weight is 401 g/mol. The quantitative estimate of drug-likeness (QED) is 0.237. The van der Waals surface area contributed by atoms with Gasteiger partial charge in [0.2, 0.25) is 0 Å². The van der Waals surface area contributed by atoms with Crippen LogP contribution < -0.4 is 0 Å². The fourth-order valence-electron chi connectivity index (χ4n) is 4.22. The van der Waals surface area contributed by atoms with Gasteiger partial charge in [-0.2, -0.15) is 23.5 Å². The molecule has 1 aliphatic carbocycles. The summed E-state index contributed by atoms with van der Waals surface area (Å²) in [4.78, 5) is 0. The molecule has 0 bridgehead atoms. The second-order valence-corrected chi connectivity index (χ2v) is 11.2. The van der Waals surface area contributed by atoms with Crippen molar-refractivity contribution in [2.75, 3.05) is 17.3 Å². The van der Waals surface area contributed by atoms with Gasteiger partial charge in [-0.25, -0.2) is 0 Å². The summed E-state index contributed by atoms with van der Waals surface area (Å²) in [6.45, 7) is 9.43. The maximum Gasteiger partial charge on any atom is 0.00498 e. The minimum absolute atomic E-state index is 0.974. The van der Waals surface area contributed by atoms with Gasteiger partial charge in [-0.15, -0.1) is 0 Å². The van der Waals surface area contributed by atoms with Gasteiger partial charge in [-0.05, 0) is 67.1 Å². The predicted molar refractivity (Wildman–Crippen MR) is 127 cm³/mol. The number of hydrogen-bond acceptors (Lipinski definition) is 2. The van der Waals surface area contributed by atoms with E-state index >= 15 is 0 Å². The smallest absolute Gasteiger partial charge is 0.00498 e. The Morgan fingerprint density at radius 2 is 1.50 bits per heavy atom. The molecule has 0 aliphatic heterocycles. The van der Waals surface area contributed by atoms with Gasteiger partial charge in [-0.3, -0.25) is 0 Å². The zero-order valence-corrected chi connectivity index (χ0v) is 20.1. The normalized spacial score (nSPS) is 23.1. The molecule has 0 aromatic rings. The largest absolute Gasteiger partial charge is 0.162 e. The fourth-order valence-corrected chi connectivity index (χ4v) is 7.31. The lowest BCUT2D eigenvalue weighted by molar-refractivity contribution is 0.358. The van der Waals surface area contributed by atoms with Crippen molar-refractivity contribution in [3.8, 4) is 0 Å². The summed E-state index contributed by atoms with van der Waals surface area (Å²) in [6, 6.07) is 0. The Morgan fingerprint density at radius 1 is 0.846 bits per heavy atom. The third-order valence-electron chi connectivity index (χ3n) is 6.41. The summed E-state index contributed by atoms with van der Waals surface area (Å²) < 4.78 is 0. The molecular weight excluding hydrogens is 352 g/mol. The lowest BCUT2D eigenvalue weighted by Gasteiger charge is -2.30. The zero-order valence-electron chi connectivity index (χ0n) is 18.4. The maximum atomic E-state index is 2.39. The van der Waals surface area contributed by atoms with E-state index in [-0.39, 0.29) is 0 Å². The minimum atomic E-state index is 0.974. The first-order valence-electron chi connectivity index (χ1n) is 11.9. The molecule has 1 aliphatic rings. The first-order valence-corrected chi connectivity index (χ1v) is 14.1. The van der Waals surface area contributed by atoms with Crippen LogP contribution in [0.25, 0.3) is 0 Å². The Balaban J connectivity index is 2.16. The molecule has 26 heavy (non-hydrogen) atoms. The van der Waals surface area contributed by atoms with Crippen LogP contribution in [-0.2, 0) is 0 Å². The predicted octanol–water partition coefficient (Wildman–Crippen LogP) is 8.83. The lowest BCUT2D eigenvalue weighted by atomic mass is 9.87. The summed E-state index contributed by atoms with van der Waals surface area (Å²) in [5.41, 5.74) is 0. The fraction of sp³-hybridized carbons (Fsp3) is 1.00.